The number of carbonyl (C=O) groups is 1. The third-order valence-corrected chi connectivity index (χ3v) is 2.19. The van der Waals surface area contributed by atoms with Crippen molar-refractivity contribution in [3.05, 3.63) is 35.6 Å². The predicted octanol–water partition coefficient (Wildman–Crippen LogP) is 0.988. The van der Waals surface area contributed by atoms with Gasteiger partial charge in [0.1, 0.15) is 22.9 Å². The Morgan fingerprint density at radius 1 is 1.31 bits per heavy atom. The number of anilines is 2. The normalized spacial score (nSPS) is 10.3. The van der Waals surface area contributed by atoms with Gasteiger partial charge in [0.2, 0.25) is 0 Å². The quantitative estimate of drug-likeness (QED) is 0.739. The predicted molar refractivity (Wildman–Crippen MR) is 57.7 cm³/mol. The third kappa shape index (κ3) is 1.40. The summed E-state index contributed by atoms with van der Waals surface area (Å²) < 4.78 is 14.6. The SMILES string of the molecule is Nc1nn(-c2ccccc2F)c(N)c1C=O. The minimum Gasteiger partial charge on any atom is -0.383 e. The molecule has 82 valence electrons. The van der Waals surface area contributed by atoms with Crippen LogP contribution in [0.15, 0.2) is 24.3 Å². The van der Waals surface area contributed by atoms with E-state index in [4.69, 9.17) is 11.5 Å². The van der Waals surface area contributed by atoms with Gasteiger partial charge in [0, 0.05) is 0 Å². The first-order valence-electron chi connectivity index (χ1n) is 4.49. The summed E-state index contributed by atoms with van der Waals surface area (Å²) in [5.74, 6) is -0.484. The summed E-state index contributed by atoms with van der Waals surface area (Å²) in [7, 11) is 0. The fraction of sp³-hybridized carbons (Fsp3) is 0. The van der Waals surface area contributed by atoms with Crippen molar-refractivity contribution in [2.45, 2.75) is 0 Å². The van der Waals surface area contributed by atoms with Crippen LogP contribution in [0.3, 0.4) is 0 Å². The number of nitrogen functional groups attached to an aromatic ring is 2. The number of hydrogen-bond acceptors (Lipinski definition) is 4. The first kappa shape index (κ1) is 10.2. The van der Waals surface area contributed by atoms with Crippen LogP contribution >= 0.6 is 0 Å². The van der Waals surface area contributed by atoms with Crippen molar-refractivity contribution in [1.82, 2.24) is 9.78 Å². The molecular weight excluding hydrogens is 211 g/mol. The van der Waals surface area contributed by atoms with E-state index in [9.17, 15) is 9.18 Å². The second-order valence-corrected chi connectivity index (χ2v) is 3.17. The first-order valence-corrected chi connectivity index (χ1v) is 4.49. The van der Waals surface area contributed by atoms with E-state index < -0.39 is 5.82 Å². The van der Waals surface area contributed by atoms with Gasteiger partial charge in [-0.2, -0.15) is 0 Å². The van der Waals surface area contributed by atoms with Crippen molar-refractivity contribution in [3.63, 3.8) is 0 Å². The van der Waals surface area contributed by atoms with Crippen LogP contribution in [0.25, 0.3) is 5.69 Å². The van der Waals surface area contributed by atoms with E-state index >= 15 is 0 Å². The molecule has 0 atom stereocenters. The summed E-state index contributed by atoms with van der Waals surface area (Å²) in [6, 6.07) is 5.94. The average molecular weight is 220 g/mol. The molecule has 0 bridgehead atoms. The second-order valence-electron chi connectivity index (χ2n) is 3.17. The van der Waals surface area contributed by atoms with Crippen molar-refractivity contribution in [2.24, 2.45) is 0 Å². The van der Waals surface area contributed by atoms with Crippen LogP contribution in [0, 0.1) is 5.82 Å². The smallest absolute Gasteiger partial charge is 0.158 e. The van der Waals surface area contributed by atoms with E-state index in [-0.39, 0.29) is 22.9 Å². The average Bonchev–Trinajstić information content (AvgIpc) is 2.55. The van der Waals surface area contributed by atoms with Gasteiger partial charge in [-0.25, -0.2) is 9.07 Å². The largest absolute Gasteiger partial charge is 0.383 e. The molecular formula is C10H9FN4O. The fourth-order valence-electron chi connectivity index (χ4n) is 1.39. The molecule has 0 saturated carbocycles. The Labute approximate surface area is 90.5 Å². The van der Waals surface area contributed by atoms with Gasteiger partial charge in [-0.1, -0.05) is 12.1 Å². The minimum atomic E-state index is -0.492. The molecule has 0 radical (unpaired) electrons. The second kappa shape index (κ2) is 3.65. The monoisotopic (exact) mass is 220 g/mol. The number of halogens is 1. The number of aldehydes is 1. The van der Waals surface area contributed by atoms with Crippen LogP contribution in [0.1, 0.15) is 10.4 Å². The van der Waals surface area contributed by atoms with Crippen LogP contribution in [0.4, 0.5) is 16.0 Å². The van der Waals surface area contributed by atoms with Gasteiger partial charge in [0.25, 0.3) is 0 Å². The van der Waals surface area contributed by atoms with Crippen molar-refractivity contribution in [2.75, 3.05) is 11.5 Å². The van der Waals surface area contributed by atoms with Crippen molar-refractivity contribution in [3.8, 4) is 5.69 Å². The fourth-order valence-corrected chi connectivity index (χ4v) is 1.39. The molecule has 0 amide bonds. The zero-order valence-electron chi connectivity index (χ0n) is 8.22. The molecule has 6 heteroatoms. The molecule has 0 aliphatic heterocycles. The molecule has 1 heterocycles. The number of rotatable bonds is 2. The van der Waals surface area contributed by atoms with E-state index in [1.807, 2.05) is 0 Å². The highest BCUT2D eigenvalue weighted by Crippen LogP contribution is 2.22. The molecule has 1 aromatic heterocycles. The summed E-state index contributed by atoms with van der Waals surface area (Å²) >= 11 is 0. The number of nitrogens with two attached hydrogens (primary N) is 2. The standard InChI is InChI=1S/C10H9FN4O/c11-7-3-1-2-4-8(7)15-10(13)6(5-16)9(12)14-15/h1-5H,13H2,(H2,12,14). The lowest BCUT2D eigenvalue weighted by atomic mass is 10.3. The number of nitrogens with zero attached hydrogens (tertiary/aromatic N) is 2. The Morgan fingerprint density at radius 2 is 2.00 bits per heavy atom. The van der Waals surface area contributed by atoms with Gasteiger partial charge < -0.3 is 11.5 Å². The van der Waals surface area contributed by atoms with Crippen LogP contribution in [-0.4, -0.2) is 16.1 Å². The van der Waals surface area contributed by atoms with E-state index in [1.54, 1.807) is 12.1 Å². The molecule has 0 unspecified atom stereocenters. The number of para-hydroxylation sites is 1. The highest BCUT2D eigenvalue weighted by Gasteiger charge is 2.15. The van der Waals surface area contributed by atoms with Crippen molar-refractivity contribution in [1.29, 1.82) is 0 Å². The minimum absolute atomic E-state index is 0.0178. The van der Waals surface area contributed by atoms with Gasteiger partial charge in [0.15, 0.2) is 12.1 Å². The summed E-state index contributed by atoms with van der Waals surface area (Å²) in [4.78, 5) is 10.7. The molecule has 0 fully saturated rings. The van der Waals surface area contributed by atoms with Crippen LogP contribution < -0.4 is 11.5 Å². The van der Waals surface area contributed by atoms with Crippen LogP contribution in [0.5, 0.6) is 0 Å². The lowest BCUT2D eigenvalue weighted by molar-refractivity contribution is 0.112. The number of aromatic nitrogens is 2. The molecule has 2 rings (SSSR count). The maximum Gasteiger partial charge on any atom is 0.158 e. The van der Waals surface area contributed by atoms with E-state index in [0.717, 1.165) is 4.68 Å². The maximum absolute atomic E-state index is 13.5. The first-order chi connectivity index (χ1) is 7.65. The number of hydrogen-bond donors (Lipinski definition) is 2. The maximum atomic E-state index is 13.5. The Morgan fingerprint density at radius 3 is 2.56 bits per heavy atom. The van der Waals surface area contributed by atoms with Crippen LogP contribution in [0.2, 0.25) is 0 Å². The molecule has 0 aliphatic carbocycles. The summed E-state index contributed by atoms with van der Waals surface area (Å²) in [6.07, 6.45) is 0.495. The summed E-state index contributed by atoms with van der Waals surface area (Å²) in [5.41, 5.74) is 11.3. The molecule has 0 saturated heterocycles. The highest BCUT2D eigenvalue weighted by atomic mass is 19.1. The molecule has 5 nitrogen and oxygen atoms in total. The lowest BCUT2D eigenvalue weighted by Crippen LogP contribution is -2.04. The number of benzene rings is 1. The van der Waals surface area contributed by atoms with E-state index in [2.05, 4.69) is 5.10 Å². The molecule has 16 heavy (non-hydrogen) atoms. The molecule has 1 aromatic carbocycles. The summed E-state index contributed by atoms with van der Waals surface area (Å²) in [5, 5.41) is 3.81. The van der Waals surface area contributed by atoms with Crippen LogP contribution in [-0.2, 0) is 0 Å². The Balaban J connectivity index is 2.66. The van der Waals surface area contributed by atoms with Gasteiger partial charge in [-0.05, 0) is 12.1 Å². The zero-order valence-corrected chi connectivity index (χ0v) is 8.22. The summed E-state index contributed by atoms with van der Waals surface area (Å²) in [6.45, 7) is 0. The van der Waals surface area contributed by atoms with E-state index in [0.29, 0.717) is 6.29 Å². The topological polar surface area (TPSA) is 86.9 Å². The third-order valence-electron chi connectivity index (χ3n) is 2.19. The van der Waals surface area contributed by atoms with Gasteiger partial charge in [-0.15, -0.1) is 5.10 Å². The molecule has 4 N–H and O–H groups in total. The van der Waals surface area contributed by atoms with E-state index in [1.165, 1.54) is 12.1 Å². The molecule has 2 aromatic rings. The van der Waals surface area contributed by atoms with Crippen molar-refractivity contribution >= 4 is 17.9 Å². The molecule has 0 spiro atoms. The Bertz CT molecular complexity index is 550. The van der Waals surface area contributed by atoms with Gasteiger partial charge >= 0.3 is 0 Å². The Kier molecular flexibility index (Phi) is 2.32. The highest BCUT2D eigenvalue weighted by molar-refractivity contribution is 5.88. The molecule has 0 aliphatic rings. The van der Waals surface area contributed by atoms with Gasteiger partial charge in [0.05, 0.1) is 0 Å². The number of carbonyl (C=O) groups excluding carboxylic acids is 1. The van der Waals surface area contributed by atoms with Gasteiger partial charge in [-0.3, -0.25) is 4.79 Å². The van der Waals surface area contributed by atoms with Crippen molar-refractivity contribution < 1.29 is 9.18 Å². The lowest BCUT2D eigenvalue weighted by Gasteiger charge is -2.04. The zero-order chi connectivity index (χ0) is 11.7. The Hall–Kier alpha value is -2.37.